The number of hydrogen-bond acceptors (Lipinski definition) is 2. The normalized spacial score (nSPS) is 38.5. The Morgan fingerprint density at radius 1 is 1.36 bits per heavy atom. The van der Waals surface area contributed by atoms with Gasteiger partial charge in [-0.1, -0.05) is 20.3 Å². The van der Waals surface area contributed by atoms with E-state index in [-0.39, 0.29) is 5.92 Å². The van der Waals surface area contributed by atoms with E-state index < -0.39 is 5.97 Å². The van der Waals surface area contributed by atoms with Crippen LogP contribution in [0, 0.1) is 17.8 Å². The minimum atomic E-state index is -0.857. The van der Waals surface area contributed by atoms with E-state index in [4.69, 9.17) is 0 Å². The van der Waals surface area contributed by atoms with E-state index in [1.54, 1.807) is 0 Å². The molecule has 0 aromatic carbocycles. The maximum atomic E-state index is 10.6. The smallest absolute Gasteiger partial charge is 0.0447 e. The fourth-order valence-corrected chi connectivity index (χ4v) is 2.02. The molecule has 0 aromatic heterocycles. The van der Waals surface area contributed by atoms with Gasteiger partial charge in [-0.15, -0.1) is 0 Å². The van der Waals surface area contributed by atoms with E-state index in [1.807, 2.05) is 6.92 Å². The van der Waals surface area contributed by atoms with Crippen molar-refractivity contribution in [2.45, 2.75) is 33.1 Å². The molecule has 0 heterocycles. The van der Waals surface area contributed by atoms with E-state index in [0.29, 0.717) is 11.8 Å². The van der Waals surface area contributed by atoms with Crippen molar-refractivity contribution in [3.8, 4) is 0 Å². The minimum Gasteiger partial charge on any atom is -0.550 e. The molecule has 1 fully saturated rings. The molecule has 0 bridgehead atoms. The Bertz CT molecular complexity index is 154. The zero-order chi connectivity index (χ0) is 8.43. The molecule has 0 aromatic rings. The Hall–Kier alpha value is -0.530. The van der Waals surface area contributed by atoms with Crippen LogP contribution in [0.3, 0.4) is 0 Å². The molecule has 0 radical (unpaired) electrons. The largest absolute Gasteiger partial charge is 0.550 e. The molecule has 1 aliphatic carbocycles. The summed E-state index contributed by atoms with van der Waals surface area (Å²) < 4.78 is 0. The number of carbonyl (C=O) groups is 1. The van der Waals surface area contributed by atoms with Crippen LogP contribution in [0.5, 0.6) is 0 Å². The third kappa shape index (κ3) is 1.95. The molecule has 0 unspecified atom stereocenters. The Kier molecular flexibility index (Phi) is 2.53. The van der Waals surface area contributed by atoms with E-state index in [0.717, 1.165) is 19.3 Å². The molecule has 0 aliphatic heterocycles. The Labute approximate surface area is 67.6 Å². The van der Waals surface area contributed by atoms with Gasteiger partial charge >= 0.3 is 0 Å². The van der Waals surface area contributed by atoms with E-state index >= 15 is 0 Å². The van der Waals surface area contributed by atoms with Crippen molar-refractivity contribution in [3.05, 3.63) is 0 Å². The highest BCUT2D eigenvalue weighted by molar-refractivity contribution is 5.68. The molecule has 1 aliphatic rings. The van der Waals surface area contributed by atoms with Crippen LogP contribution in [0.4, 0.5) is 0 Å². The van der Waals surface area contributed by atoms with Gasteiger partial charge in [-0.25, -0.2) is 0 Å². The molecule has 1 saturated carbocycles. The summed E-state index contributed by atoms with van der Waals surface area (Å²) >= 11 is 0. The second kappa shape index (κ2) is 3.24. The molecule has 64 valence electrons. The molecule has 2 heteroatoms. The first-order chi connectivity index (χ1) is 5.11. The molecule has 0 amide bonds. The van der Waals surface area contributed by atoms with E-state index in [9.17, 15) is 9.90 Å². The molecule has 3 atom stereocenters. The first-order valence-corrected chi connectivity index (χ1v) is 4.32. The summed E-state index contributed by atoms with van der Waals surface area (Å²) in [5, 5.41) is 10.6. The zero-order valence-electron chi connectivity index (χ0n) is 7.17. The fraction of sp³-hybridized carbons (Fsp3) is 0.889. The Morgan fingerprint density at radius 2 is 2.00 bits per heavy atom. The van der Waals surface area contributed by atoms with Crippen molar-refractivity contribution < 1.29 is 9.90 Å². The summed E-state index contributed by atoms with van der Waals surface area (Å²) in [5.74, 6) is -0.0417. The highest BCUT2D eigenvalue weighted by Crippen LogP contribution is 2.32. The summed E-state index contributed by atoms with van der Waals surface area (Å²) in [6, 6.07) is 0. The maximum absolute atomic E-state index is 10.6. The standard InChI is InChI=1S/C9H16O2/c1-6-3-4-8(9(10)11)7(2)5-6/h6-8H,3-5H2,1-2H3,(H,10,11)/p-1/t6-,7-,8-/m1/s1. The van der Waals surface area contributed by atoms with Gasteiger partial charge in [-0.3, -0.25) is 0 Å². The van der Waals surface area contributed by atoms with Gasteiger partial charge in [0.1, 0.15) is 0 Å². The van der Waals surface area contributed by atoms with Gasteiger partial charge in [0.05, 0.1) is 0 Å². The quantitative estimate of drug-likeness (QED) is 0.562. The SMILES string of the molecule is C[C@@H]1CC[C@@H](C(=O)[O-])[C@H](C)C1. The van der Waals surface area contributed by atoms with Crippen molar-refractivity contribution >= 4 is 5.97 Å². The molecule has 0 spiro atoms. The van der Waals surface area contributed by atoms with Crippen molar-refractivity contribution in [2.75, 3.05) is 0 Å². The number of carbonyl (C=O) groups excluding carboxylic acids is 1. The molecule has 1 rings (SSSR count). The highest BCUT2D eigenvalue weighted by Gasteiger charge is 2.25. The first-order valence-electron chi connectivity index (χ1n) is 4.32. The van der Waals surface area contributed by atoms with Crippen molar-refractivity contribution in [1.82, 2.24) is 0 Å². The second-order valence-electron chi connectivity index (χ2n) is 3.82. The summed E-state index contributed by atoms with van der Waals surface area (Å²) in [4.78, 5) is 10.6. The predicted molar refractivity (Wildman–Crippen MR) is 40.7 cm³/mol. The monoisotopic (exact) mass is 155 g/mol. The lowest BCUT2D eigenvalue weighted by Gasteiger charge is -2.32. The van der Waals surface area contributed by atoms with Gasteiger partial charge in [0.2, 0.25) is 0 Å². The van der Waals surface area contributed by atoms with E-state index in [2.05, 4.69) is 6.92 Å². The zero-order valence-corrected chi connectivity index (χ0v) is 7.17. The lowest BCUT2D eigenvalue weighted by atomic mass is 9.76. The molecule has 0 N–H and O–H groups in total. The molecule has 11 heavy (non-hydrogen) atoms. The Morgan fingerprint density at radius 3 is 2.45 bits per heavy atom. The van der Waals surface area contributed by atoms with Gasteiger partial charge in [-0.2, -0.15) is 0 Å². The lowest BCUT2D eigenvalue weighted by Crippen LogP contribution is -2.38. The highest BCUT2D eigenvalue weighted by atomic mass is 16.4. The number of carboxylic acids is 1. The van der Waals surface area contributed by atoms with Gasteiger partial charge in [-0.05, 0) is 24.7 Å². The van der Waals surface area contributed by atoms with Crippen LogP contribution < -0.4 is 5.11 Å². The molecular formula is C9H15O2-. The van der Waals surface area contributed by atoms with Crippen LogP contribution in [0.15, 0.2) is 0 Å². The second-order valence-corrected chi connectivity index (χ2v) is 3.82. The average molecular weight is 155 g/mol. The molecule has 0 saturated heterocycles. The predicted octanol–water partition coefficient (Wildman–Crippen LogP) is 0.809. The van der Waals surface area contributed by atoms with Crippen LogP contribution in [0.1, 0.15) is 33.1 Å². The average Bonchev–Trinajstić information content (AvgIpc) is 1.85. The summed E-state index contributed by atoms with van der Waals surface area (Å²) in [6.45, 7) is 4.19. The third-order valence-electron chi connectivity index (χ3n) is 2.73. The number of rotatable bonds is 1. The van der Waals surface area contributed by atoms with Gasteiger partial charge in [0.25, 0.3) is 0 Å². The van der Waals surface area contributed by atoms with Crippen molar-refractivity contribution in [3.63, 3.8) is 0 Å². The minimum absolute atomic E-state index is 0.189. The topological polar surface area (TPSA) is 40.1 Å². The van der Waals surface area contributed by atoms with Crippen LogP contribution in [-0.4, -0.2) is 5.97 Å². The van der Waals surface area contributed by atoms with Crippen LogP contribution in [0.2, 0.25) is 0 Å². The Balaban J connectivity index is 2.50. The lowest BCUT2D eigenvalue weighted by molar-refractivity contribution is -0.314. The van der Waals surface area contributed by atoms with Gasteiger partial charge in [0, 0.05) is 11.9 Å². The number of carboxylic acid groups (broad SMARTS) is 1. The van der Waals surface area contributed by atoms with Crippen LogP contribution in [0.25, 0.3) is 0 Å². The summed E-state index contributed by atoms with van der Waals surface area (Å²) in [7, 11) is 0. The molecule has 2 nitrogen and oxygen atoms in total. The number of hydrogen-bond donors (Lipinski definition) is 0. The number of aliphatic carboxylic acids is 1. The fourth-order valence-electron chi connectivity index (χ4n) is 2.02. The van der Waals surface area contributed by atoms with Gasteiger partial charge < -0.3 is 9.90 Å². The van der Waals surface area contributed by atoms with Crippen LogP contribution >= 0.6 is 0 Å². The van der Waals surface area contributed by atoms with Crippen molar-refractivity contribution in [1.29, 1.82) is 0 Å². The van der Waals surface area contributed by atoms with Crippen molar-refractivity contribution in [2.24, 2.45) is 17.8 Å². The first kappa shape index (κ1) is 8.57. The molecular weight excluding hydrogens is 140 g/mol. The van der Waals surface area contributed by atoms with Gasteiger partial charge in [0.15, 0.2) is 0 Å². The van der Waals surface area contributed by atoms with E-state index in [1.165, 1.54) is 0 Å². The maximum Gasteiger partial charge on any atom is 0.0447 e. The third-order valence-corrected chi connectivity index (χ3v) is 2.73. The van der Waals surface area contributed by atoms with Crippen LogP contribution in [-0.2, 0) is 4.79 Å². The summed E-state index contributed by atoms with van der Waals surface area (Å²) in [6.07, 6.45) is 2.90. The summed E-state index contributed by atoms with van der Waals surface area (Å²) in [5.41, 5.74) is 0.